The van der Waals surface area contributed by atoms with Crippen LogP contribution in [0.25, 0.3) is 0 Å². The zero-order valence-electron chi connectivity index (χ0n) is 16.3. The maximum Gasteiger partial charge on any atom is 0.410 e. The number of hydrogen-bond acceptors (Lipinski definition) is 5. The van der Waals surface area contributed by atoms with Crippen LogP contribution in [0.15, 0.2) is 48.5 Å². The summed E-state index contributed by atoms with van der Waals surface area (Å²) in [6, 6.07) is 13.0. The molecule has 0 aliphatic carbocycles. The normalized spacial score (nSPS) is 12.2. The van der Waals surface area contributed by atoms with E-state index in [4.69, 9.17) is 21.1 Å². The molecule has 1 unspecified atom stereocenters. The third-order valence-corrected chi connectivity index (χ3v) is 4.05. The third kappa shape index (κ3) is 6.25. The molecule has 1 N–H and O–H groups in total. The van der Waals surface area contributed by atoms with Crippen LogP contribution in [-0.2, 0) is 4.74 Å². The molecule has 0 aliphatic rings. The number of halogens is 1. The highest BCUT2D eigenvalue weighted by Crippen LogP contribution is 2.22. The van der Waals surface area contributed by atoms with Gasteiger partial charge in [-0.1, -0.05) is 35.9 Å². The van der Waals surface area contributed by atoms with E-state index in [1.54, 1.807) is 76.3 Å². The number of likely N-dealkylation sites (N-methyl/N-ethyl adjacent to an activating group) is 1. The molecule has 0 saturated heterocycles. The van der Waals surface area contributed by atoms with Gasteiger partial charge < -0.3 is 19.5 Å². The van der Waals surface area contributed by atoms with Crippen molar-refractivity contribution in [3.63, 3.8) is 0 Å². The Morgan fingerprint density at radius 2 is 1.71 bits per heavy atom. The van der Waals surface area contributed by atoms with Crippen molar-refractivity contribution >= 4 is 23.7 Å². The minimum atomic E-state index is -0.911. The lowest BCUT2D eigenvalue weighted by Crippen LogP contribution is -2.36. The monoisotopic (exact) mass is 405 g/mol. The second-order valence-electron chi connectivity index (χ2n) is 7.32. The van der Waals surface area contributed by atoms with E-state index in [9.17, 15) is 14.7 Å². The zero-order chi connectivity index (χ0) is 20.9. The Morgan fingerprint density at radius 1 is 1.11 bits per heavy atom. The molecule has 1 atom stereocenters. The number of amides is 1. The molecule has 0 bridgehead atoms. The van der Waals surface area contributed by atoms with Gasteiger partial charge in [0, 0.05) is 7.05 Å². The molecule has 28 heavy (non-hydrogen) atoms. The summed E-state index contributed by atoms with van der Waals surface area (Å²) in [6.07, 6.45) is -1.43. The lowest BCUT2D eigenvalue weighted by molar-refractivity contribution is 0.0205. The number of hydrogen-bond donors (Lipinski definition) is 1. The summed E-state index contributed by atoms with van der Waals surface area (Å²) < 4.78 is 10.6. The number of rotatable bonds is 5. The maximum absolute atomic E-state index is 12.2. The summed E-state index contributed by atoms with van der Waals surface area (Å²) in [4.78, 5) is 25.5. The van der Waals surface area contributed by atoms with E-state index in [0.717, 1.165) is 0 Å². The first-order chi connectivity index (χ1) is 13.1. The minimum Gasteiger partial charge on any atom is -0.444 e. The van der Waals surface area contributed by atoms with E-state index in [-0.39, 0.29) is 12.1 Å². The smallest absolute Gasteiger partial charge is 0.410 e. The van der Waals surface area contributed by atoms with Gasteiger partial charge in [0.15, 0.2) is 0 Å². The summed E-state index contributed by atoms with van der Waals surface area (Å²) in [5.74, 6) is -0.245. The largest absolute Gasteiger partial charge is 0.444 e. The van der Waals surface area contributed by atoms with Crippen LogP contribution in [0.2, 0.25) is 5.02 Å². The summed E-state index contributed by atoms with van der Waals surface area (Å²) in [6.45, 7) is 5.39. The highest BCUT2D eigenvalue weighted by Gasteiger charge is 2.22. The first-order valence-electron chi connectivity index (χ1n) is 8.75. The molecule has 0 aromatic heterocycles. The number of carbonyl (C=O) groups is 2. The van der Waals surface area contributed by atoms with Gasteiger partial charge in [0.1, 0.15) is 11.4 Å². The fourth-order valence-corrected chi connectivity index (χ4v) is 2.54. The van der Waals surface area contributed by atoms with Crippen LogP contribution in [0.3, 0.4) is 0 Å². The Balaban J connectivity index is 1.97. The van der Waals surface area contributed by atoms with Crippen molar-refractivity contribution in [2.45, 2.75) is 32.5 Å². The van der Waals surface area contributed by atoms with E-state index in [1.165, 1.54) is 4.90 Å². The molecule has 150 valence electrons. The van der Waals surface area contributed by atoms with Crippen molar-refractivity contribution in [3.8, 4) is 5.75 Å². The van der Waals surface area contributed by atoms with Crippen molar-refractivity contribution in [3.05, 3.63) is 64.7 Å². The molecule has 7 heteroatoms. The zero-order valence-corrected chi connectivity index (χ0v) is 17.1. The Labute approximate surface area is 169 Å². The Hall–Kier alpha value is -2.57. The molecular weight excluding hydrogens is 382 g/mol. The lowest BCUT2D eigenvalue weighted by Gasteiger charge is -2.26. The molecule has 2 rings (SSSR count). The van der Waals surface area contributed by atoms with Crippen LogP contribution in [0.1, 0.15) is 42.8 Å². The van der Waals surface area contributed by atoms with Gasteiger partial charge in [-0.2, -0.15) is 0 Å². The predicted molar refractivity (Wildman–Crippen MR) is 107 cm³/mol. The second-order valence-corrected chi connectivity index (χ2v) is 7.72. The average Bonchev–Trinajstić information content (AvgIpc) is 2.61. The maximum atomic E-state index is 12.2. The van der Waals surface area contributed by atoms with E-state index in [2.05, 4.69) is 0 Å². The van der Waals surface area contributed by atoms with E-state index < -0.39 is 23.8 Å². The first-order valence-corrected chi connectivity index (χ1v) is 9.13. The Bertz CT molecular complexity index is 829. The summed E-state index contributed by atoms with van der Waals surface area (Å²) in [7, 11) is 1.55. The molecule has 2 aromatic rings. The summed E-state index contributed by atoms with van der Waals surface area (Å²) >= 11 is 5.99. The predicted octanol–water partition coefficient (Wildman–Crippen LogP) is 4.46. The molecular formula is C21H24ClNO5. The van der Waals surface area contributed by atoms with Crippen LogP contribution in [0.4, 0.5) is 4.79 Å². The lowest BCUT2D eigenvalue weighted by atomic mass is 10.1. The van der Waals surface area contributed by atoms with Gasteiger partial charge >= 0.3 is 12.1 Å². The number of nitrogens with zero attached hydrogens (tertiary/aromatic N) is 1. The number of aliphatic hydroxyl groups is 1. The molecule has 6 nitrogen and oxygen atoms in total. The van der Waals surface area contributed by atoms with Crippen molar-refractivity contribution < 1.29 is 24.2 Å². The number of benzene rings is 2. The van der Waals surface area contributed by atoms with Crippen LogP contribution in [0, 0.1) is 0 Å². The van der Waals surface area contributed by atoms with Crippen molar-refractivity contribution in [2.75, 3.05) is 13.6 Å². The fourth-order valence-electron chi connectivity index (χ4n) is 2.33. The van der Waals surface area contributed by atoms with Crippen LogP contribution in [0.5, 0.6) is 5.75 Å². The summed E-state index contributed by atoms with van der Waals surface area (Å²) in [5.41, 5.74) is 0.240. The van der Waals surface area contributed by atoms with Crippen molar-refractivity contribution in [1.82, 2.24) is 4.90 Å². The minimum absolute atomic E-state index is 0.0632. The van der Waals surface area contributed by atoms with Gasteiger partial charge in [-0.05, 0) is 50.6 Å². The fraction of sp³-hybridized carbons (Fsp3) is 0.333. The van der Waals surface area contributed by atoms with Crippen LogP contribution < -0.4 is 4.74 Å². The third-order valence-electron chi connectivity index (χ3n) is 3.72. The van der Waals surface area contributed by atoms with Gasteiger partial charge in [0.25, 0.3) is 0 Å². The first kappa shape index (κ1) is 21.7. The SMILES string of the molecule is CN(CC(O)c1ccc(OC(=O)c2ccccc2Cl)cc1)C(=O)OC(C)(C)C. The second kappa shape index (κ2) is 9.08. The molecule has 0 saturated carbocycles. The van der Waals surface area contributed by atoms with Crippen LogP contribution in [-0.4, -0.2) is 41.3 Å². The van der Waals surface area contributed by atoms with E-state index >= 15 is 0 Å². The standard InChI is InChI=1S/C21H24ClNO5/c1-21(2,3)28-20(26)23(4)13-18(24)14-9-11-15(12-10-14)27-19(25)16-7-5-6-8-17(16)22/h5-12,18,24H,13H2,1-4H3. The highest BCUT2D eigenvalue weighted by molar-refractivity contribution is 6.33. The van der Waals surface area contributed by atoms with Crippen LogP contribution >= 0.6 is 11.6 Å². The number of aliphatic hydroxyl groups excluding tert-OH is 1. The quantitative estimate of drug-likeness (QED) is 0.587. The van der Waals surface area contributed by atoms with Gasteiger partial charge in [-0.3, -0.25) is 0 Å². The topological polar surface area (TPSA) is 76.1 Å². The molecule has 0 aliphatic heterocycles. The van der Waals surface area contributed by atoms with E-state index in [1.807, 2.05) is 0 Å². The van der Waals surface area contributed by atoms with Gasteiger partial charge in [0.05, 0.1) is 23.2 Å². The molecule has 1 amide bonds. The molecule has 0 radical (unpaired) electrons. The molecule has 0 spiro atoms. The molecule has 0 fully saturated rings. The number of esters is 1. The van der Waals surface area contributed by atoms with E-state index in [0.29, 0.717) is 16.3 Å². The highest BCUT2D eigenvalue weighted by atomic mass is 35.5. The number of ether oxygens (including phenoxy) is 2. The average molecular weight is 406 g/mol. The molecule has 0 heterocycles. The van der Waals surface area contributed by atoms with Crippen molar-refractivity contribution in [2.24, 2.45) is 0 Å². The number of carbonyl (C=O) groups excluding carboxylic acids is 2. The summed E-state index contributed by atoms with van der Waals surface area (Å²) in [5, 5.41) is 10.7. The molecule has 2 aromatic carbocycles. The Kier molecular flexibility index (Phi) is 7.05. The Morgan fingerprint density at radius 3 is 2.29 bits per heavy atom. The van der Waals surface area contributed by atoms with Gasteiger partial charge in [0.2, 0.25) is 0 Å². The van der Waals surface area contributed by atoms with Gasteiger partial charge in [-0.15, -0.1) is 0 Å². The van der Waals surface area contributed by atoms with Gasteiger partial charge in [-0.25, -0.2) is 9.59 Å². The van der Waals surface area contributed by atoms with Crippen molar-refractivity contribution in [1.29, 1.82) is 0 Å².